The lowest BCUT2D eigenvalue weighted by atomic mass is 10.1. The molecule has 0 amide bonds. The third-order valence-electron chi connectivity index (χ3n) is 5.37. The molecule has 0 unspecified atom stereocenters. The maximum atomic E-state index is 5.99. The van der Waals surface area contributed by atoms with Gasteiger partial charge in [-0.15, -0.1) is 24.0 Å². The molecule has 6 nitrogen and oxygen atoms in total. The molecule has 0 spiro atoms. The van der Waals surface area contributed by atoms with Crippen LogP contribution in [-0.2, 0) is 11.3 Å². The molecular weight excluding hydrogens is 479 g/mol. The molecule has 1 aliphatic rings. The van der Waals surface area contributed by atoms with Crippen LogP contribution in [0.25, 0.3) is 11.0 Å². The van der Waals surface area contributed by atoms with E-state index in [0.29, 0.717) is 18.7 Å². The summed E-state index contributed by atoms with van der Waals surface area (Å²) in [5, 5.41) is 8.14. The molecule has 1 fully saturated rings. The Hall–Kier alpha value is -1.32. The Morgan fingerprint density at radius 3 is 2.66 bits per heavy atom. The third-order valence-corrected chi connectivity index (χ3v) is 5.37. The fourth-order valence-electron chi connectivity index (χ4n) is 3.66. The van der Waals surface area contributed by atoms with Gasteiger partial charge in [0.2, 0.25) is 0 Å². The molecule has 2 N–H and O–H groups in total. The van der Waals surface area contributed by atoms with Gasteiger partial charge < -0.3 is 24.7 Å². The van der Waals surface area contributed by atoms with Crippen LogP contribution >= 0.6 is 24.0 Å². The number of guanidine groups is 1. The van der Waals surface area contributed by atoms with Gasteiger partial charge in [-0.05, 0) is 39.7 Å². The number of nitrogens with one attached hydrogen (secondary N) is 2. The number of furan rings is 1. The van der Waals surface area contributed by atoms with Gasteiger partial charge in [0.05, 0.1) is 19.3 Å². The summed E-state index contributed by atoms with van der Waals surface area (Å²) in [4.78, 5) is 6.87. The molecule has 1 aromatic carbocycles. The fraction of sp³-hybridized carbons (Fsp3) is 0.591. The van der Waals surface area contributed by atoms with Crippen molar-refractivity contribution in [3.63, 3.8) is 0 Å². The second-order valence-corrected chi connectivity index (χ2v) is 7.75. The number of fused-ring (bicyclic) bond motifs is 1. The van der Waals surface area contributed by atoms with Gasteiger partial charge in [-0.1, -0.05) is 18.2 Å². The maximum Gasteiger partial charge on any atom is 0.191 e. The van der Waals surface area contributed by atoms with Crippen LogP contribution in [0, 0.1) is 6.92 Å². The quantitative estimate of drug-likeness (QED) is 0.333. The van der Waals surface area contributed by atoms with Crippen LogP contribution in [0.3, 0.4) is 0 Å². The Kier molecular flexibility index (Phi) is 9.71. The van der Waals surface area contributed by atoms with Gasteiger partial charge in [-0.3, -0.25) is 4.99 Å². The van der Waals surface area contributed by atoms with E-state index in [-0.39, 0.29) is 24.0 Å². The van der Waals surface area contributed by atoms with E-state index in [1.807, 2.05) is 25.2 Å². The van der Waals surface area contributed by atoms with Gasteiger partial charge in [-0.2, -0.15) is 0 Å². The van der Waals surface area contributed by atoms with Crippen LogP contribution < -0.4 is 10.6 Å². The number of nitrogens with zero attached hydrogens (tertiary/aromatic N) is 2. The smallest absolute Gasteiger partial charge is 0.191 e. The lowest BCUT2D eigenvalue weighted by molar-refractivity contribution is 0.0532. The summed E-state index contributed by atoms with van der Waals surface area (Å²) in [5.74, 6) is 1.80. The SMILES string of the molecule is CN=C(NCc1oc2ccccc2c1C)NC1CCN(CCOC(C)C)CC1.I. The van der Waals surface area contributed by atoms with Crippen molar-refractivity contribution >= 4 is 40.9 Å². The van der Waals surface area contributed by atoms with Gasteiger partial charge in [0, 0.05) is 43.7 Å². The van der Waals surface area contributed by atoms with Crippen LogP contribution in [0.5, 0.6) is 0 Å². The van der Waals surface area contributed by atoms with Gasteiger partial charge in [0.15, 0.2) is 5.96 Å². The summed E-state index contributed by atoms with van der Waals surface area (Å²) in [5.41, 5.74) is 2.13. The van der Waals surface area contributed by atoms with Crippen LogP contribution in [-0.4, -0.2) is 56.3 Å². The molecule has 7 heteroatoms. The van der Waals surface area contributed by atoms with E-state index < -0.39 is 0 Å². The predicted octanol–water partition coefficient (Wildman–Crippen LogP) is 3.91. The zero-order chi connectivity index (χ0) is 19.9. The molecule has 162 valence electrons. The van der Waals surface area contributed by atoms with E-state index in [1.54, 1.807) is 0 Å². The van der Waals surface area contributed by atoms with E-state index in [4.69, 9.17) is 9.15 Å². The van der Waals surface area contributed by atoms with Crippen molar-refractivity contribution in [2.45, 2.75) is 52.3 Å². The number of hydrogen-bond donors (Lipinski definition) is 2. The molecule has 0 aliphatic carbocycles. The van der Waals surface area contributed by atoms with Gasteiger partial charge in [0.1, 0.15) is 11.3 Å². The van der Waals surface area contributed by atoms with Gasteiger partial charge >= 0.3 is 0 Å². The Morgan fingerprint density at radius 2 is 2.00 bits per heavy atom. The highest BCUT2D eigenvalue weighted by molar-refractivity contribution is 14.0. The zero-order valence-corrected chi connectivity index (χ0v) is 20.4. The fourth-order valence-corrected chi connectivity index (χ4v) is 3.66. The molecule has 1 aliphatic heterocycles. The molecule has 0 saturated carbocycles. The Labute approximate surface area is 191 Å². The summed E-state index contributed by atoms with van der Waals surface area (Å²) < 4.78 is 11.7. The summed E-state index contributed by atoms with van der Waals surface area (Å²) in [6, 6.07) is 8.61. The first-order chi connectivity index (χ1) is 13.6. The predicted molar refractivity (Wildman–Crippen MR) is 130 cm³/mol. The summed E-state index contributed by atoms with van der Waals surface area (Å²) in [6.45, 7) is 10.9. The standard InChI is InChI=1S/C22H34N4O2.HI/c1-16(2)27-14-13-26-11-9-18(10-12-26)25-22(23-4)24-15-21-17(3)19-7-5-6-8-20(19)28-21;/h5-8,16,18H,9-15H2,1-4H3,(H2,23,24,25);1H. The normalized spacial score (nSPS) is 16.2. The summed E-state index contributed by atoms with van der Waals surface area (Å²) in [7, 11) is 1.82. The average molecular weight is 514 g/mol. The molecule has 0 radical (unpaired) electrons. The lowest BCUT2D eigenvalue weighted by Crippen LogP contribution is -2.49. The second kappa shape index (κ2) is 11.8. The minimum absolute atomic E-state index is 0. The van der Waals surface area contributed by atoms with Crippen LogP contribution in [0.1, 0.15) is 38.0 Å². The van der Waals surface area contributed by atoms with Crippen LogP contribution in [0.4, 0.5) is 0 Å². The highest BCUT2D eigenvalue weighted by Gasteiger charge is 2.20. The third kappa shape index (κ3) is 6.86. The molecular formula is C22H35IN4O2. The highest BCUT2D eigenvalue weighted by Crippen LogP contribution is 2.24. The van der Waals surface area contributed by atoms with Crippen molar-refractivity contribution < 1.29 is 9.15 Å². The van der Waals surface area contributed by atoms with E-state index in [2.05, 4.69) is 47.4 Å². The topological polar surface area (TPSA) is 62.0 Å². The first-order valence-electron chi connectivity index (χ1n) is 10.3. The first kappa shape index (κ1) is 24.0. The second-order valence-electron chi connectivity index (χ2n) is 7.75. The number of aliphatic imine (C=N–C) groups is 1. The first-order valence-corrected chi connectivity index (χ1v) is 10.3. The van der Waals surface area contributed by atoms with Crippen molar-refractivity contribution in [3.05, 3.63) is 35.6 Å². The van der Waals surface area contributed by atoms with Crippen molar-refractivity contribution in [1.82, 2.24) is 15.5 Å². The van der Waals surface area contributed by atoms with Crippen LogP contribution in [0.2, 0.25) is 0 Å². The zero-order valence-electron chi connectivity index (χ0n) is 18.0. The molecule has 2 heterocycles. The summed E-state index contributed by atoms with van der Waals surface area (Å²) in [6.07, 6.45) is 2.54. The van der Waals surface area contributed by atoms with E-state index >= 15 is 0 Å². The van der Waals surface area contributed by atoms with Crippen molar-refractivity contribution in [3.8, 4) is 0 Å². The van der Waals surface area contributed by atoms with E-state index in [9.17, 15) is 0 Å². The van der Waals surface area contributed by atoms with Crippen molar-refractivity contribution in [1.29, 1.82) is 0 Å². The van der Waals surface area contributed by atoms with Crippen molar-refractivity contribution in [2.24, 2.45) is 4.99 Å². The molecule has 1 aromatic heterocycles. The number of para-hydroxylation sites is 1. The average Bonchev–Trinajstić information content (AvgIpc) is 3.02. The Morgan fingerprint density at radius 1 is 1.28 bits per heavy atom. The van der Waals surface area contributed by atoms with Crippen molar-refractivity contribution in [2.75, 3.05) is 33.3 Å². The Balaban J connectivity index is 0.00000300. The number of piperidine rings is 1. The monoisotopic (exact) mass is 514 g/mol. The lowest BCUT2D eigenvalue weighted by Gasteiger charge is -2.33. The molecule has 29 heavy (non-hydrogen) atoms. The molecule has 1 saturated heterocycles. The number of hydrogen-bond acceptors (Lipinski definition) is 4. The number of rotatable bonds is 7. The largest absolute Gasteiger partial charge is 0.459 e. The summed E-state index contributed by atoms with van der Waals surface area (Å²) >= 11 is 0. The Bertz CT molecular complexity index is 782. The molecule has 3 rings (SSSR count). The van der Waals surface area contributed by atoms with Gasteiger partial charge in [-0.25, -0.2) is 0 Å². The number of benzene rings is 1. The number of halogens is 1. The molecule has 0 atom stereocenters. The number of ether oxygens (including phenoxy) is 1. The number of aryl methyl sites for hydroxylation is 1. The molecule has 2 aromatic rings. The molecule has 0 bridgehead atoms. The van der Waals surface area contributed by atoms with E-state index in [0.717, 1.165) is 56.4 Å². The number of likely N-dealkylation sites (tertiary alicyclic amines) is 1. The minimum atomic E-state index is 0. The maximum absolute atomic E-state index is 5.99. The minimum Gasteiger partial charge on any atom is -0.459 e. The van der Waals surface area contributed by atoms with Crippen LogP contribution in [0.15, 0.2) is 33.7 Å². The highest BCUT2D eigenvalue weighted by atomic mass is 127. The van der Waals surface area contributed by atoms with E-state index in [1.165, 1.54) is 10.9 Å². The van der Waals surface area contributed by atoms with Gasteiger partial charge in [0.25, 0.3) is 0 Å².